The molecule has 0 fully saturated rings. The molecule has 4 rings (SSSR count). The zero-order valence-electron chi connectivity index (χ0n) is 15.2. The first-order chi connectivity index (χ1) is 13.5. The molecule has 8 heteroatoms. The maximum absolute atomic E-state index is 12.5. The van der Waals surface area contributed by atoms with Crippen molar-refractivity contribution >= 4 is 11.9 Å². The molecule has 8 nitrogen and oxygen atoms in total. The molecule has 1 aliphatic carbocycles. The number of aryl methyl sites for hydroxylation is 2. The molecule has 2 N–H and O–H groups in total. The minimum absolute atomic E-state index is 0.130. The van der Waals surface area contributed by atoms with Crippen molar-refractivity contribution in [2.75, 3.05) is 0 Å². The number of aromatic carboxylic acids is 1. The van der Waals surface area contributed by atoms with Crippen molar-refractivity contribution in [2.24, 2.45) is 0 Å². The van der Waals surface area contributed by atoms with Crippen LogP contribution in [0, 0.1) is 0 Å². The molecule has 1 aromatic carbocycles. The number of carboxylic acid groups (broad SMARTS) is 1. The van der Waals surface area contributed by atoms with Crippen molar-refractivity contribution in [1.29, 1.82) is 0 Å². The van der Waals surface area contributed by atoms with Crippen molar-refractivity contribution in [3.63, 3.8) is 0 Å². The molecule has 2 aromatic heterocycles. The van der Waals surface area contributed by atoms with E-state index < -0.39 is 5.97 Å². The molecule has 0 radical (unpaired) electrons. The second-order valence-electron chi connectivity index (χ2n) is 6.58. The zero-order chi connectivity index (χ0) is 19.7. The van der Waals surface area contributed by atoms with Gasteiger partial charge in [0.2, 0.25) is 11.7 Å². The van der Waals surface area contributed by atoms with Crippen LogP contribution in [0.3, 0.4) is 0 Å². The SMILES string of the molecule is CCc1nc(-c2ccc3c(c2)CCC3NC(=O)c2ccnc(C(=O)O)c2)no1. The quantitative estimate of drug-likeness (QED) is 0.701. The lowest BCUT2D eigenvalue weighted by molar-refractivity contribution is 0.0690. The molecule has 142 valence electrons. The van der Waals surface area contributed by atoms with Gasteiger partial charge in [-0.2, -0.15) is 4.98 Å². The van der Waals surface area contributed by atoms with Crippen LogP contribution >= 0.6 is 0 Å². The molecule has 1 amide bonds. The Balaban J connectivity index is 1.52. The minimum atomic E-state index is -1.17. The number of aromatic nitrogens is 3. The summed E-state index contributed by atoms with van der Waals surface area (Å²) in [6, 6.07) is 8.57. The highest BCUT2D eigenvalue weighted by Crippen LogP contribution is 2.34. The lowest BCUT2D eigenvalue weighted by Gasteiger charge is -2.14. The van der Waals surface area contributed by atoms with E-state index in [0.29, 0.717) is 18.1 Å². The Morgan fingerprint density at radius 1 is 1.29 bits per heavy atom. The van der Waals surface area contributed by atoms with Gasteiger partial charge in [0.1, 0.15) is 5.69 Å². The number of hydrogen-bond acceptors (Lipinski definition) is 6. The molecule has 0 saturated heterocycles. The fourth-order valence-electron chi connectivity index (χ4n) is 3.35. The van der Waals surface area contributed by atoms with E-state index in [4.69, 9.17) is 9.63 Å². The Morgan fingerprint density at radius 3 is 2.89 bits per heavy atom. The van der Waals surface area contributed by atoms with Crippen LogP contribution < -0.4 is 5.32 Å². The van der Waals surface area contributed by atoms with Gasteiger partial charge in [-0.05, 0) is 42.2 Å². The zero-order valence-corrected chi connectivity index (χ0v) is 15.2. The van der Waals surface area contributed by atoms with Crippen molar-refractivity contribution in [1.82, 2.24) is 20.4 Å². The predicted octanol–water partition coefficient (Wildman–Crippen LogP) is 2.81. The van der Waals surface area contributed by atoms with Gasteiger partial charge in [-0.25, -0.2) is 9.78 Å². The summed E-state index contributed by atoms with van der Waals surface area (Å²) < 4.78 is 5.17. The van der Waals surface area contributed by atoms with Crippen molar-refractivity contribution in [3.8, 4) is 11.4 Å². The number of rotatable bonds is 5. The van der Waals surface area contributed by atoms with Gasteiger partial charge in [0.25, 0.3) is 5.91 Å². The highest BCUT2D eigenvalue weighted by molar-refractivity contribution is 5.96. The third kappa shape index (κ3) is 3.36. The Hall–Kier alpha value is -3.55. The van der Waals surface area contributed by atoms with Gasteiger partial charge in [-0.3, -0.25) is 4.79 Å². The first-order valence-corrected chi connectivity index (χ1v) is 9.01. The first kappa shape index (κ1) is 17.8. The lowest BCUT2D eigenvalue weighted by atomic mass is 10.0. The minimum Gasteiger partial charge on any atom is -0.477 e. The van der Waals surface area contributed by atoms with Crippen LogP contribution in [0.1, 0.15) is 57.3 Å². The molecule has 1 unspecified atom stereocenters. The van der Waals surface area contributed by atoms with Crippen LogP contribution in [0.2, 0.25) is 0 Å². The number of pyridine rings is 1. The van der Waals surface area contributed by atoms with Gasteiger partial charge in [-0.1, -0.05) is 24.2 Å². The average molecular weight is 378 g/mol. The molecule has 0 aliphatic heterocycles. The molecule has 0 spiro atoms. The molecule has 1 aliphatic rings. The number of carbonyl (C=O) groups excluding carboxylic acids is 1. The maximum atomic E-state index is 12.5. The van der Waals surface area contributed by atoms with Gasteiger partial charge in [0, 0.05) is 23.7 Å². The monoisotopic (exact) mass is 378 g/mol. The second-order valence-corrected chi connectivity index (χ2v) is 6.58. The summed E-state index contributed by atoms with van der Waals surface area (Å²) in [7, 11) is 0. The number of fused-ring (bicyclic) bond motifs is 1. The van der Waals surface area contributed by atoms with Gasteiger partial charge in [0.15, 0.2) is 0 Å². The summed E-state index contributed by atoms with van der Waals surface area (Å²) in [6.07, 6.45) is 3.60. The molecule has 0 bridgehead atoms. The number of carboxylic acids is 1. The lowest BCUT2D eigenvalue weighted by Crippen LogP contribution is -2.27. The van der Waals surface area contributed by atoms with Crippen LogP contribution in [0.5, 0.6) is 0 Å². The number of benzene rings is 1. The van der Waals surface area contributed by atoms with Crippen molar-refractivity contribution in [2.45, 2.75) is 32.2 Å². The third-order valence-electron chi connectivity index (χ3n) is 4.80. The number of carbonyl (C=O) groups is 2. The Morgan fingerprint density at radius 2 is 2.14 bits per heavy atom. The van der Waals surface area contributed by atoms with Gasteiger partial charge in [-0.15, -0.1) is 0 Å². The number of nitrogens with zero attached hydrogens (tertiary/aromatic N) is 3. The second kappa shape index (κ2) is 7.22. The van der Waals surface area contributed by atoms with E-state index >= 15 is 0 Å². The standard InChI is InChI=1S/C20H18N4O4/c1-2-17-23-18(24-28-17)12-3-5-14-11(9-12)4-6-15(14)22-19(25)13-7-8-21-16(10-13)20(26)27/h3,5,7-10,15H,2,4,6H2,1H3,(H,22,25)(H,26,27). The fraction of sp³-hybridized carbons (Fsp3) is 0.250. The number of hydrogen-bond donors (Lipinski definition) is 2. The normalized spacial score (nSPS) is 15.2. The summed E-state index contributed by atoms with van der Waals surface area (Å²) in [5.41, 5.74) is 3.18. The molecule has 28 heavy (non-hydrogen) atoms. The molecular weight excluding hydrogens is 360 g/mol. The Bertz CT molecular complexity index is 1060. The highest BCUT2D eigenvalue weighted by Gasteiger charge is 2.25. The molecule has 1 atom stereocenters. The summed E-state index contributed by atoms with van der Waals surface area (Å²) in [5, 5.41) is 16.0. The van der Waals surface area contributed by atoms with Crippen LogP contribution in [0.4, 0.5) is 0 Å². The Labute approximate surface area is 160 Å². The largest absolute Gasteiger partial charge is 0.477 e. The number of nitrogens with one attached hydrogen (secondary N) is 1. The molecule has 3 aromatic rings. The van der Waals surface area contributed by atoms with Crippen LogP contribution in [0.15, 0.2) is 41.1 Å². The topological polar surface area (TPSA) is 118 Å². The van der Waals surface area contributed by atoms with E-state index in [1.165, 1.54) is 18.3 Å². The molecule has 2 heterocycles. The van der Waals surface area contributed by atoms with E-state index in [1.54, 1.807) is 0 Å². The van der Waals surface area contributed by atoms with Crippen molar-refractivity contribution < 1.29 is 19.2 Å². The summed E-state index contributed by atoms with van der Waals surface area (Å²) in [5.74, 6) is -0.331. The molecular formula is C20H18N4O4. The summed E-state index contributed by atoms with van der Waals surface area (Å²) in [4.78, 5) is 31.7. The van der Waals surface area contributed by atoms with Gasteiger partial charge >= 0.3 is 5.97 Å². The van der Waals surface area contributed by atoms with Crippen LogP contribution in [-0.2, 0) is 12.8 Å². The fourth-order valence-corrected chi connectivity index (χ4v) is 3.35. The summed E-state index contributed by atoms with van der Waals surface area (Å²) >= 11 is 0. The van der Waals surface area contributed by atoms with Crippen molar-refractivity contribution in [3.05, 3.63) is 64.8 Å². The average Bonchev–Trinajstić information content (AvgIpc) is 3.35. The van der Waals surface area contributed by atoms with E-state index in [9.17, 15) is 9.59 Å². The van der Waals surface area contributed by atoms with Crippen LogP contribution in [0.25, 0.3) is 11.4 Å². The number of amides is 1. The van der Waals surface area contributed by atoms with Gasteiger partial charge in [0.05, 0.1) is 6.04 Å². The van der Waals surface area contributed by atoms with E-state index in [0.717, 1.165) is 29.5 Å². The third-order valence-corrected chi connectivity index (χ3v) is 4.80. The van der Waals surface area contributed by atoms with E-state index in [-0.39, 0.29) is 23.2 Å². The summed E-state index contributed by atoms with van der Waals surface area (Å²) in [6.45, 7) is 1.95. The van der Waals surface area contributed by atoms with E-state index in [2.05, 4.69) is 20.4 Å². The predicted molar refractivity (Wildman–Crippen MR) is 98.8 cm³/mol. The first-order valence-electron chi connectivity index (χ1n) is 9.01. The maximum Gasteiger partial charge on any atom is 0.354 e. The van der Waals surface area contributed by atoms with Crippen LogP contribution in [-0.4, -0.2) is 32.1 Å². The molecule has 0 saturated carbocycles. The Kier molecular flexibility index (Phi) is 4.60. The highest BCUT2D eigenvalue weighted by atomic mass is 16.5. The van der Waals surface area contributed by atoms with Gasteiger partial charge < -0.3 is 14.9 Å². The smallest absolute Gasteiger partial charge is 0.354 e. The van der Waals surface area contributed by atoms with E-state index in [1.807, 2.05) is 25.1 Å².